The molecule has 0 saturated heterocycles. The third kappa shape index (κ3) is 4.65. The minimum absolute atomic E-state index is 0.0869. The van der Waals surface area contributed by atoms with Crippen molar-refractivity contribution in [2.24, 2.45) is 0 Å². The van der Waals surface area contributed by atoms with Crippen LogP contribution in [-0.4, -0.2) is 30.8 Å². The van der Waals surface area contributed by atoms with E-state index >= 15 is 0 Å². The van der Waals surface area contributed by atoms with Gasteiger partial charge in [0.15, 0.2) is 5.78 Å². The Hall–Kier alpha value is -1.71. The monoisotopic (exact) mass is 357 g/mol. The van der Waals surface area contributed by atoms with E-state index in [2.05, 4.69) is 27.8 Å². The summed E-state index contributed by atoms with van der Waals surface area (Å²) in [5.41, 5.74) is 2.57. The summed E-state index contributed by atoms with van der Waals surface area (Å²) in [4.78, 5) is 14.9. The van der Waals surface area contributed by atoms with Crippen LogP contribution in [0.15, 0.2) is 64.6 Å². The number of likely N-dealkylation sites (N-methyl/N-ethyl adjacent to an activating group) is 1. The molecule has 2 aromatic carbocycles. The predicted octanol–water partition coefficient (Wildman–Crippen LogP) is 4.67. The van der Waals surface area contributed by atoms with Crippen LogP contribution < -0.4 is 0 Å². The first-order valence-electron chi connectivity index (χ1n) is 7.34. The predicted molar refractivity (Wildman–Crippen MR) is 96.1 cm³/mol. The van der Waals surface area contributed by atoms with Crippen molar-refractivity contribution in [1.82, 2.24) is 4.90 Å². The minimum atomic E-state index is 0.0869. The van der Waals surface area contributed by atoms with Crippen molar-refractivity contribution in [1.29, 1.82) is 0 Å². The highest BCUT2D eigenvalue weighted by atomic mass is 79.9. The van der Waals surface area contributed by atoms with Crippen LogP contribution in [0.1, 0.15) is 22.8 Å². The van der Waals surface area contributed by atoms with Gasteiger partial charge < -0.3 is 4.90 Å². The molecule has 3 heteroatoms. The lowest BCUT2D eigenvalue weighted by Gasteiger charge is -2.16. The van der Waals surface area contributed by atoms with Crippen LogP contribution >= 0.6 is 15.9 Å². The maximum Gasteiger partial charge on any atom is 0.190 e. The fraction of sp³-hybridized carbons (Fsp3) is 0.211. The van der Waals surface area contributed by atoms with Gasteiger partial charge in [-0.05, 0) is 37.4 Å². The molecule has 0 fully saturated rings. The summed E-state index contributed by atoms with van der Waals surface area (Å²) in [6.45, 7) is 3.63. The number of carbonyl (C=O) groups is 1. The van der Waals surface area contributed by atoms with Gasteiger partial charge in [0.25, 0.3) is 0 Å². The van der Waals surface area contributed by atoms with Crippen LogP contribution in [0.5, 0.6) is 0 Å². The number of carbonyl (C=O) groups excluding carboxylic acids is 1. The Morgan fingerprint density at radius 1 is 1.09 bits per heavy atom. The molecule has 0 aliphatic heterocycles. The van der Waals surface area contributed by atoms with Crippen LogP contribution in [0.4, 0.5) is 0 Å². The average Bonchev–Trinajstić information content (AvgIpc) is 2.56. The van der Waals surface area contributed by atoms with E-state index in [1.54, 1.807) is 0 Å². The molecule has 22 heavy (non-hydrogen) atoms. The lowest BCUT2D eigenvalue weighted by Crippen LogP contribution is -2.23. The van der Waals surface area contributed by atoms with E-state index in [9.17, 15) is 4.79 Å². The van der Waals surface area contributed by atoms with Crippen molar-refractivity contribution in [3.05, 3.63) is 75.8 Å². The molecule has 0 radical (unpaired) electrons. The second-order valence-corrected chi connectivity index (χ2v) is 6.16. The molecular weight excluding hydrogens is 338 g/mol. The van der Waals surface area contributed by atoms with E-state index in [0.717, 1.165) is 27.7 Å². The van der Waals surface area contributed by atoms with Gasteiger partial charge in [0, 0.05) is 22.2 Å². The van der Waals surface area contributed by atoms with Crippen molar-refractivity contribution < 1.29 is 4.79 Å². The van der Waals surface area contributed by atoms with Crippen molar-refractivity contribution in [3.8, 4) is 0 Å². The fourth-order valence-electron chi connectivity index (χ4n) is 2.12. The molecule has 2 aromatic rings. The van der Waals surface area contributed by atoms with Crippen molar-refractivity contribution in [2.45, 2.75) is 6.92 Å². The molecule has 0 aliphatic carbocycles. The maximum atomic E-state index is 12.8. The summed E-state index contributed by atoms with van der Waals surface area (Å²) in [6, 6.07) is 17.4. The topological polar surface area (TPSA) is 20.3 Å². The highest BCUT2D eigenvalue weighted by molar-refractivity contribution is 9.10. The first-order chi connectivity index (χ1) is 10.6. The van der Waals surface area contributed by atoms with Crippen LogP contribution in [0.3, 0.4) is 0 Å². The molecule has 0 spiro atoms. The van der Waals surface area contributed by atoms with E-state index in [1.165, 1.54) is 0 Å². The van der Waals surface area contributed by atoms with E-state index < -0.39 is 0 Å². The highest BCUT2D eigenvalue weighted by Crippen LogP contribution is 2.16. The Kier molecular flexibility index (Phi) is 6.10. The third-order valence-corrected chi connectivity index (χ3v) is 4.05. The Labute approximate surface area is 140 Å². The number of nitrogens with zero attached hydrogens (tertiary/aromatic N) is 1. The Morgan fingerprint density at radius 3 is 2.32 bits per heavy atom. The largest absolute Gasteiger partial charge is 0.302 e. The SMILES string of the molecule is CCN(C)C/C(=C\c1ccc(Br)cc1)C(=O)c1ccccc1. The van der Waals surface area contributed by atoms with Gasteiger partial charge in [-0.2, -0.15) is 0 Å². The van der Waals surface area contributed by atoms with E-state index in [0.29, 0.717) is 6.54 Å². The number of hydrogen-bond acceptors (Lipinski definition) is 2. The normalized spacial score (nSPS) is 11.7. The van der Waals surface area contributed by atoms with E-state index in [1.807, 2.05) is 67.7 Å². The smallest absolute Gasteiger partial charge is 0.190 e. The fourth-order valence-corrected chi connectivity index (χ4v) is 2.39. The van der Waals surface area contributed by atoms with Gasteiger partial charge in [-0.3, -0.25) is 4.79 Å². The van der Waals surface area contributed by atoms with Crippen LogP contribution in [-0.2, 0) is 0 Å². The molecule has 0 saturated carbocycles. The molecule has 0 atom stereocenters. The molecule has 2 rings (SSSR count). The lowest BCUT2D eigenvalue weighted by molar-refractivity contribution is 0.102. The summed E-state index contributed by atoms with van der Waals surface area (Å²) in [5, 5.41) is 0. The van der Waals surface area contributed by atoms with Crippen LogP contribution in [0.2, 0.25) is 0 Å². The molecule has 114 valence electrons. The van der Waals surface area contributed by atoms with E-state index in [-0.39, 0.29) is 5.78 Å². The van der Waals surface area contributed by atoms with Gasteiger partial charge in [0.05, 0.1) is 0 Å². The molecule has 0 heterocycles. The van der Waals surface area contributed by atoms with Gasteiger partial charge in [0.1, 0.15) is 0 Å². The summed E-state index contributed by atoms with van der Waals surface area (Å²) < 4.78 is 1.03. The zero-order valence-electron chi connectivity index (χ0n) is 12.9. The van der Waals surface area contributed by atoms with Crippen molar-refractivity contribution in [2.75, 3.05) is 20.1 Å². The zero-order chi connectivity index (χ0) is 15.9. The Balaban J connectivity index is 2.33. The highest BCUT2D eigenvalue weighted by Gasteiger charge is 2.13. The van der Waals surface area contributed by atoms with Gasteiger partial charge in [-0.15, -0.1) is 0 Å². The second kappa shape index (κ2) is 8.06. The molecular formula is C19H20BrNO. The van der Waals surface area contributed by atoms with Crippen LogP contribution in [0.25, 0.3) is 6.08 Å². The molecule has 0 amide bonds. The first-order valence-corrected chi connectivity index (χ1v) is 8.14. The number of halogens is 1. The summed E-state index contributed by atoms with van der Waals surface area (Å²) in [7, 11) is 2.02. The maximum absolute atomic E-state index is 12.8. The Morgan fingerprint density at radius 2 is 1.73 bits per heavy atom. The molecule has 0 N–H and O–H groups in total. The molecule has 2 nitrogen and oxygen atoms in total. The number of Topliss-reactive ketones (excluding diaryl/α,β-unsaturated/α-hetero) is 1. The minimum Gasteiger partial charge on any atom is -0.302 e. The average molecular weight is 358 g/mol. The second-order valence-electron chi connectivity index (χ2n) is 5.25. The summed E-state index contributed by atoms with van der Waals surface area (Å²) in [5.74, 6) is 0.0869. The lowest BCUT2D eigenvalue weighted by atomic mass is 10.0. The van der Waals surface area contributed by atoms with E-state index in [4.69, 9.17) is 0 Å². The molecule has 0 bridgehead atoms. The Bertz CT molecular complexity index is 647. The molecule has 0 aliphatic rings. The van der Waals surface area contributed by atoms with Gasteiger partial charge in [-0.1, -0.05) is 65.3 Å². The van der Waals surface area contributed by atoms with Crippen LogP contribution in [0, 0.1) is 0 Å². The van der Waals surface area contributed by atoms with Crippen molar-refractivity contribution in [3.63, 3.8) is 0 Å². The number of benzene rings is 2. The number of ketones is 1. The molecule has 0 unspecified atom stereocenters. The van der Waals surface area contributed by atoms with Gasteiger partial charge in [-0.25, -0.2) is 0 Å². The quantitative estimate of drug-likeness (QED) is 0.553. The van der Waals surface area contributed by atoms with Gasteiger partial charge >= 0.3 is 0 Å². The standard InChI is InChI=1S/C19H20BrNO/c1-3-21(2)14-17(13-15-9-11-18(20)12-10-15)19(22)16-7-5-4-6-8-16/h4-13H,3,14H2,1-2H3/b17-13+. The summed E-state index contributed by atoms with van der Waals surface area (Å²) in [6.07, 6.45) is 1.98. The van der Waals surface area contributed by atoms with Crippen molar-refractivity contribution >= 4 is 27.8 Å². The third-order valence-electron chi connectivity index (χ3n) is 3.52. The first kappa shape index (κ1) is 16.7. The number of rotatable bonds is 6. The summed E-state index contributed by atoms with van der Waals surface area (Å²) >= 11 is 3.43. The molecule has 0 aromatic heterocycles. The number of hydrogen-bond donors (Lipinski definition) is 0. The zero-order valence-corrected chi connectivity index (χ0v) is 14.5. The van der Waals surface area contributed by atoms with Gasteiger partial charge in [0.2, 0.25) is 0 Å².